The first-order valence-electron chi connectivity index (χ1n) is 3.19. The Morgan fingerprint density at radius 3 is 3.00 bits per heavy atom. The maximum Gasteiger partial charge on any atom is 0.176 e. The molecule has 0 aliphatic heterocycles. The van der Waals surface area contributed by atoms with Gasteiger partial charge in [-0.1, -0.05) is 0 Å². The number of halogens is 1. The third-order valence-electron chi connectivity index (χ3n) is 1.20. The van der Waals surface area contributed by atoms with Crippen LogP contribution >= 0.6 is 27.3 Å². The molecule has 1 aromatic rings. The molecular formula is C7H7BrN2S. The average Bonchev–Trinajstić information content (AvgIpc) is 2.37. The fraction of sp³-hybridized carbons (Fsp3) is 0.286. The molecule has 1 aromatic heterocycles. The summed E-state index contributed by atoms with van der Waals surface area (Å²) in [6.45, 7) is 0.726. The number of hydrogen-bond donors (Lipinski definition) is 1. The molecule has 0 aromatic carbocycles. The third-order valence-corrected chi connectivity index (χ3v) is 2.89. The molecule has 0 unspecified atom stereocenters. The van der Waals surface area contributed by atoms with Gasteiger partial charge in [-0.25, -0.2) is 0 Å². The van der Waals surface area contributed by atoms with Gasteiger partial charge in [-0.05, 0) is 34.5 Å². The van der Waals surface area contributed by atoms with Crippen LogP contribution in [0.3, 0.4) is 0 Å². The molecule has 0 radical (unpaired) electrons. The Hall–Kier alpha value is -0.530. The van der Waals surface area contributed by atoms with Crippen LogP contribution in [0.15, 0.2) is 15.9 Å². The predicted octanol–water partition coefficient (Wildman–Crippen LogP) is 2.12. The first kappa shape index (κ1) is 8.57. The van der Waals surface area contributed by atoms with Crippen LogP contribution < -0.4 is 5.32 Å². The van der Waals surface area contributed by atoms with Crippen LogP contribution in [0.1, 0.15) is 4.88 Å². The topological polar surface area (TPSA) is 35.8 Å². The Morgan fingerprint density at radius 2 is 2.45 bits per heavy atom. The molecule has 0 amide bonds. The number of rotatable bonds is 3. The fourth-order valence-corrected chi connectivity index (χ4v) is 2.21. The second kappa shape index (κ2) is 4.37. The van der Waals surface area contributed by atoms with Crippen LogP contribution in [-0.2, 0) is 6.42 Å². The quantitative estimate of drug-likeness (QED) is 0.491. The maximum absolute atomic E-state index is 8.18. The molecule has 0 bridgehead atoms. The van der Waals surface area contributed by atoms with Crippen LogP contribution in [0.25, 0.3) is 0 Å². The highest BCUT2D eigenvalue weighted by molar-refractivity contribution is 9.11. The lowest BCUT2D eigenvalue weighted by atomic mass is 10.3. The van der Waals surface area contributed by atoms with E-state index in [9.17, 15) is 0 Å². The van der Waals surface area contributed by atoms with E-state index in [1.54, 1.807) is 11.3 Å². The van der Waals surface area contributed by atoms with E-state index in [0.717, 1.165) is 16.8 Å². The molecule has 0 saturated carbocycles. The minimum Gasteiger partial charge on any atom is -0.323 e. The molecule has 0 saturated heterocycles. The number of nitriles is 1. The van der Waals surface area contributed by atoms with Crippen molar-refractivity contribution in [1.82, 2.24) is 5.32 Å². The van der Waals surface area contributed by atoms with E-state index in [1.807, 2.05) is 12.3 Å². The van der Waals surface area contributed by atoms with Crippen LogP contribution in [0, 0.1) is 11.5 Å². The third kappa shape index (κ3) is 2.91. The van der Waals surface area contributed by atoms with E-state index in [0.29, 0.717) is 0 Å². The molecule has 1 heterocycles. The van der Waals surface area contributed by atoms with E-state index >= 15 is 0 Å². The van der Waals surface area contributed by atoms with Gasteiger partial charge >= 0.3 is 0 Å². The summed E-state index contributed by atoms with van der Waals surface area (Å²) >= 11 is 5.08. The molecule has 0 fully saturated rings. The van der Waals surface area contributed by atoms with E-state index < -0.39 is 0 Å². The van der Waals surface area contributed by atoms with Gasteiger partial charge < -0.3 is 5.32 Å². The van der Waals surface area contributed by atoms with Gasteiger partial charge in [0.25, 0.3) is 0 Å². The average molecular weight is 231 g/mol. The molecule has 0 aliphatic rings. The van der Waals surface area contributed by atoms with Crippen molar-refractivity contribution in [2.45, 2.75) is 6.42 Å². The number of nitrogens with one attached hydrogen (secondary N) is 1. The zero-order valence-corrected chi connectivity index (χ0v) is 8.20. The highest BCUT2D eigenvalue weighted by Crippen LogP contribution is 2.21. The first-order valence-corrected chi connectivity index (χ1v) is 4.80. The number of hydrogen-bond acceptors (Lipinski definition) is 3. The van der Waals surface area contributed by atoms with Gasteiger partial charge in [-0.2, -0.15) is 5.26 Å². The Morgan fingerprint density at radius 1 is 1.64 bits per heavy atom. The Bertz CT molecular complexity index is 264. The molecule has 0 aliphatic carbocycles. The van der Waals surface area contributed by atoms with Crippen molar-refractivity contribution in [2.24, 2.45) is 0 Å². The molecular weight excluding hydrogens is 224 g/mol. The van der Waals surface area contributed by atoms with Crippen LogP contribution in [0.4, 0.5) is 0 Å². The molecule has 58 valence electrons. The normalized spacial score (nSPS) is 9.09. The Kier molecular flexibility index (Phi) is 3.40. The Labute approximate surface area is 78.0 Å². The summed E-state index contributed by atoms with van der Waals surface area (Å²) in [6.07, 6.45) is 2.81. The molecule has 1 rings (SSSR count). The SMILES string of the molecule is N#CNCCc1ccc(Br)s1. The van der Waals surface area contributed by atoms with Crippen LogP contribution in [0.5, 0.6) is 0 Å². The minimum atomic E-state index is 0.726. The van der Waals surface area contributed by atoms with Gasteiger partial charge in [-0.15, -0.1) is 11.3 Å². The van der Waals surface area contributed by atoms with Gasteiger partial charge in [-0.3, -0.25) is 0 Å². The predicted molar refractivity (Wildman–Crippen MR) is 49.3 cm³/mol. The smallest absolute Gasteiger partial charge is 0.176 e. The lowest BCUT2D eigenvalue weighted by molar-refractivity contribution is 0.853. The largest absolute Gasteiger partial charge is 0.323 e. The van der Waals surface area contributed by atoms with Gasteiger partial charge in [0.2, 0.25) is 0 Å². The molecule has 2 nitrogen and oxygen atoms in total. The monoisotopic (exact) mass is 230 g/mol. The maximum atomic E-state index is 8.18. The fourth-order valence-electron chi connectivity index (χ4n) is 0.728. The van der Waals surface area contributed by atoms with E-state index in [1.165, 1.54) is 4.88 Å². The molecule has 1 N–H and O–H groups in total. The second-order valence-electron chi connectivity index (χ2n) is 1.99. The van der Waals surface area contributed by atoms with Gasteiger partial charge in [0, 0.05) is 11.4 Å². The standard InChI is InChI=1S/C7H7BrN2S/c8-7-2-1-6(11-7)3-4-10-5-9/h1-2,10H,3-4H2. The van der Waals surface area contributed by atoms with Crippen molar-refractivity contribution < 1.29 is 0 Å². The highest BCUT2D eigenvalue weighted by atomic mass is 79.9. The Balaban J connectivity index is 2.34. The summed E-state index contributed by atoms with van der Waals surface area (Å²) < 4.78 is 1.14. The lowest BCUT2D eigenvalue weighted by Crippen LogP contribution is -2.08. The van der Waals surface area contributed by atoms with Gasteiger partial charge in [0.05, 0.1) is 3.79 Å². The zero-order valence-electron chi connectivity index (χ0n) is 5.80. The second-order valence-corrected chi connectivity index (χ2v) is 4.54. The van der Waals surface area contributed by atoms with Crippen molar-refractivity contribution in [3.63, 3.8) is 0 Å². The number of nitrogens with zero attached hydrogens (tertiary/aromatic N) is 1. The highest BCUT2D eigenvalue weighted by Gasteiger charge is 1.95. The zero-order chi connectivity index (χ0) is 8.10. The van der Waals surface area contributed by atoms with Crippen molar-refractivity contribution >= 4 is 27.3 Å². The summed E-state index contributed by atoms with van der Waals surface area (Å²) in [6, 6.07) is 4.08. The minimum absolute atomic E-state index is 0.726. The summed E-state index contributed by atoms with van der Waals surface area (Å²) in [7, 11) is 0. The van der Waals surface area contributed by atoms with E-state index in [2.05, 4.69) is 27.3 Å². The summed E-state index contributed by atoms with van der Waals surface area (Å²) in [5, 5.41) is 10.8. The molecule has 0 atom stereocenters. The summed E-state index contributed by atoms with van der Waals surface area (Å²) in [4.78, 5) is 1.29. The van der Waals surface area contributed by atoms with Crippen molar-refractivity contribution in [3.8, 4) is 6.19 Å². The molecule has 11 heavy (non-hydrogen) atoms. The van der Waals surface area contributed by atoms with Crippen molar-refractivity contribution in [2.75, 3.05) is 6.54 Å². The van der Waals surface area contributed by atoms with Gasteiger partial charge in [0.1, 0.15) is 0 Å². The van der Waals surface area contributed by atoms with Crippen molar-refractivity contribution in [3.05, 3.63) is 20.8 Å². The van der Waals surface area contributed by atoms with E-state index in [-0.39, 0.29) is 0 Å². The van der Waals surface area contributed by atoms with E-state index in [4.69, 9.17) is 5.26 Å². The number of thiophene rings is 1. The van der Waals surface area contributed by atoms with Crippen molar-refractivity contribution in [1.29, 1.82) is 5.26 Å². The summed E-state index contributed by atoms with van der Waals surface area (Å²) in [5.74, 6) is 0. The lowest BCUT2D eigenvalue weighted by Gasteiger charge is -1.92. The van der Waals surface area contributed by atoms with Crippen LogP contribution in [0.2, 0.25) is 0 Å². The molecule has 4 heteroatoms. The van der Waals surface area contributed by atoms with Gasteiger partial charge in [0.15, 0.2) is 6.19 Å². The summed E-state index contributed by atoms with van der Waals surface area (Å²) in [5.41, 5.74) is 0. The first-order chi connectivity index (χ1) is 5.33. The molecule has 0 spiro atoms. The van der Waals surface area contributed by atoms with Crippen LogP contribution in [-0.4, -0.2) is 6.54 Å².